The molecule has 0 aliphatic rings. The van der Waals surface area contributed by atoms with Gasteiger partial charge in [-0.1, -0.05) is 32.9 Å². The van der Waals surface area contributed by atoms with Crippen LogP contribution in [0.25, 0.3) is 16.8 Å². The Hall–Kier alpha value is -2.65. The first-order valence-electron chi connectivity index (χ1n) is 9.43. The highest BCUT2D eigenvalue weighted by Gasteiger charge is 2.22. The minimum absolute atomic E-state index is 0.177. The topological polar surface area (TPSA) is 85.1 Å². The molecule has 0 bridgehead atoms. The summed E-state index contributed by atoms with van der Waals surface area (Å²) in [6, 6.07) is 8.10. The number of carbonyl (C=O) groups is 1. The number of hydrogen-bond donors (Lipinski definition) is 1. The number of fused-ring (bicyclic) bond motifs is 1. The van der Waals surface area contributed by atoms with Gasteiger partial charge in [-0.3, -0.25) is 4.79 Å². The average molecular weight is 485 g/mol. The highest BCUT2D eigenvalue weighted by atomic mass is 79.9. The van der Waals surface area contributed by atoms with Gasteiger partial charge in [0.25, 0.3) is 5.91 Å². The molecule has 7 nitrogen and oxygen atoms in total. The molecule has 154 valence electrons. The zero-order valence-corrected chi connectivity index (χ0v) is 19.5. The molecule has 0 radical (unpaired) electrons. The van der Waals surface area contributed by atoms with Crippen LogP contribution in [0.2, 0.25) is 0 Å². The molecule has 1 amide bonds. The number of benzene rings is 1. The molecule has 0 fully saturated rings. The van der Waals surface area contributed by atoms with Gasteiger partial charge in [-0.2, -0.15) is 9.47 Å². The van der Waals surface area contributed by atoms with Crippen molar-refractivity contribution < 1.29 is 4.79 Å². The summed E-state index contributed by atoms with van der Waals surface area (Å²) in [7, 11) is 0. The number of nitrogens with zero attached hydrogens (tertiary/aromatic N) is 5. The number of rotatable bonds is 4. The zero-order valence-electron chi connectivity index (χ0n) is 17.1. The number of amides is 1. The van der Waals surface area contributed by atoms with Crippen molar-refractivity contribution in [2.24, 2.45) is 0 Å². The van der Waals surface area contributed by atoms with E-state index >= 15 is 0 Å². The maximum atomic E-state index is 12.5. The summed E-state index contributed by atoms with van der Waals surface area (Å²) in [5.41, 5.74) is 4.72. The summed E-state index contributed by atoms with van der Waals surface area (Å²) >= 11 is 4.62. The Labute approximate surface area is 186 Å². The molecular weight excluding hydrogens is 464 g/mol. The van der Waals surface area contributed by atoms with Crippen LogP contribution < -0.4 is 5.32 Å². The van der Waals surface area contributed by atoms with Crippen molar-refractivity contribution in [3.8, 4) is 11.3 Å². The molecule has 0 aliphatic carbocycles. The molecular formula is C21H21BrN6OS. The van der Waals surface area contributed by atoms with Gasteiger partial charge in [-0.25, -0.2) is 14.5 Å². The summed E-state index contributed by atoms with van der Waals surface area (Å²) in [6.07, 6.45) is 3.45. The van der Waals surface area contributed by atoms with E-state index in [1.807, 2.05) is 52.1 Å². The van der Waals surface area contributed by atoms with E-state index in [0.29, 0.717) is 17.4 Å². The lowest BCUT2D eigenvalue weighted by Gasteiger charge is -2.12. The second-order valence-electron chi connectivity index (χ2n) is 8.09. The highest BCUT2D eigenvalue weighted by Crippen LogP contribution is 2.27. The molecule has 3 heterocycles. The van der Waals surface area contributed by atoms with Crippen molar-refractivity contribution in [1.82, 2.24) is 29.3 Å². The number of aromatic nitrogens is 5. The van der Waals surface area contributed by atoms with Crippen LogP contribution in [0.3, 0.4) is 0 Å². The standard InChI is InChI=1S/C21H21BrN6OS/c1-12-7-13(17-16-8-15(22)10-28(16)25-11-24-17)5-6-14(12)9-23-18(29)19-26-20(27-30-19)21(2,3)4/h5-8,10-11H,9H2,1-4H3,(H,23,29). The Bertz CT molecular complexity index is 1240. The molecule has 1 N–H and O–H groups in total. The van der Waals surface area contributed by atoms with Gasteiger partial charge < -0.3 is 5.32 Å². The Morgan fingerprint density at radius 2 is 2.07 bits per heavy atom. The Morgan fingerprint density at radius 1 is 1.27 bits per heavy atom. The molecule has 0 saturated carbocycles. The molecule has 4 rings (SSSR count). The smallest absolute Gasteiger partial charge is 0.282 e. The highest BCUT2D eigenvalue weighted by molar-refractivity contribution is 9.10. The maximum absolute atomic E-state index is 12.5. The van der Waals surface area contributed by atoms with E-state index in [4.69, 9.17) is 0 Å². The summed E-state index contributed by atoms with van der Waals surface area (Å²) < 4.78 is 7.05. The minimum atomic E-state index is -0.206. The number of hydrogen-bond acceptors (Lipinski definition) is 6. The van der Waals surface area contributed by atoms with Gasteiger partial charge in [0.1, 0.15) is 12.2 Å². The Morgan fingerprint density at radius 3 is 2.77 bits per heavy atom. The van der Waals surface area contributed by atoms with Crippen LogP contribution in [0.1, 0.15) is 47.5 Å². The van der Waals surface area contributed by atoms with E-state index in [1.54, 1.807) is 10.8 Å². The van der Waals surface area contributed by atoms with Crippen LogP contribution in [-0.2, 0) is 12.0 Å². The van der Waals surface area contributed by atoms with E-state index in [1.165, 1.54) is 0 Å². The fraction of sp³-hybridized carbons (Fsp3) is 0.286. The van der Waals surface area contributed by atoms with Crippen LogP contribution in [0.15, 0.2) is 41.3 Å². The zero-order chi connectivity index (χ0) is 21.5. The lowest BCUT2D eigenvalue weighted by molar-refractivity contribution is 0.0950. The largest absolute Gasteiger partial charge is 0.346 e. The lowest BCUT2D eigenvalue weighted by atomic mass is 9.96. The van der Waals surface area contributed by atoms with Gasteiger partial charge in [-0.15, -0.1) is 0 Å². The molecule has 4 aromatic rings. The number of aryl methyl sites for hydroxylation is 1. The van der Waals surface area contributed by atoms with Crippen molar-refractivity contribution in [2.75, 3.05) is 0 Å². The number of halogens is 1. The SMILES string of the molecule is Cc1cc(-c2ncnn3cc(Br)cc23)ccc1CNC(=O)c1nc(C(C)(C)C)ns1. The van der Waals surface area contributed by atoms with Crippen LogP contribution in [-0.4, -0.2) is 29.9 Å². The predicted molar refractivity (Wildman–Crippen MR) is 121 cm³/mol. The molecule has 0 spiro atoms. The van der Waals surface area contributed by atoms with Gasteiger partial charge in [0.15, 0.2) is 0 Å². The molecule has 1 aromatic carbocycles. The first-order chi connectivity index (χ1) is 14.2. The fourth-order valence-electron chi connectivity index (χ4n) is 3.03. The molecule has 0 unspecified atom stereocenters. The van der Waals surface area contributed by atoms with Crippen molar-refractivity contribution >= 4 is 38.9 Å². The predicted octanol–water partition coefficient (Wildman–Crippen LogP) is 4.55. The average Bonchev–Trinajstić information content (AvgIpc) is 3.32. The van der Waals surface area contributed by atoms with Gasteiger partial charge >= 0.3 is 0 Å². The van der Waals surface area contributed by atoms with Crippen molar-refractivity contribution in [2.45, 2.75) is 39.7 Å². The Balaban J connectivity index is 1.51. The maximum Gasteiger partial charge on any atom is 0.282 e. The molecule has 0 atom stereocenters. The van der Waals surface area contributed by atoms with Crippen molar-refractivity contribution in [1.29, 1.82) is 0 Å². The van der Waals surface area contributed by atoms with Gasteiger partial charge in [0.05, 0.1) is 11.2 Å². The van der Waals surface area contributed by atoms with Crippen molar-refractivity contribution in [3.63, 3.8) is 0 Å². The van der Waals surface area contributed by atoms with Crippen LogP contribution in [0.4, 0.5) is 0 Å². The van der Waals surface area contributed by atoms with E-state index in [0.717, 1.165) is 43.9 Å². The summed E-state index contributed by atoms with van der Waals surface area (Å²) in [5, 5.41) is 7.57. The van der Waals surface area contributed by atoms with E-state index in [9.17, 15) is 4.79 Å². The molecule has 3 aromatic heterocycles. The summed E-state index contributed by atoms with van der Waals surface area (Å²) in [5.74, 6) is 0.480. The minimum Gasteiger partial charge on any atom is -0.346 e. The summed E-state index contributed by atoms with van der Waals surface area (Å²) in [6.45, 7) is 8.53. The monoisotopic (exact) mass is 484 g/mol. The second kappa shape index (κ2) is 7.88. The van der Waals surface area contributed by atoms with E-state index in [2.05, 4.69) is 46.8 Å². The van der Waals surface area contributed by atoms with Crippen molar-refractivity contribution in [3.05, 3.63) is 63.2 Å². The van der Waals surface area contributed by atoms with Gasteiger partial charge in [0.2, 0.25) is 5.01 Å². The molecule has 9 heteroatoms. The number of carbonyl (C=O) groups excluding carboxylic acids is 1. The third-order valence-corrected chi connectivity index (χ3v) is 5.87. The van der Waals surface area contributed by atoms with Gasteiger partial charge in [-0.05, 0) is 57.6 Å². The first kappa shape index (κ1) is 20.6. The Kier molecular flexibility index (Phi) is 5.42. The lowest BCUT2D eigenvalue weighted by Crippen LogP contribution is -2.23. The van der Waals surface area contributed by atoms with Crippen LogP contribution in [0.5, 0.6) is 0 Å². The third kappa shape index (κ3) is 4.13. The van der Waals surface area contributed by atoms with E-state index < -0.39 is 0 Å². The van der Waals surface area contributed by atoms with Crippen LogP contribution in [0, 0.1) is 6.92 Å². The molecule has 30 heavy (non-hydrogen) atoms. The van der Waals surface area contributed by atoms with Crippen LogP contribution >= 0.6 is 27.5 Å². The molecule has 0 aliphatic heterocycles. The quantitative estimate of drug-likeness (QED) is 0.459. The fourth-order valence-corrected chi connectivity index (χ4v) is 4.21. The van der Waals surface area contributed by atoms with E-state index in [-0.39, 0.29) is 11.3 Å². The summed E-state index contributed by atoms with van der Waals surface area (Å²) in [4.78, 5) is 21.3. The normalized spacial score (nSPS) is 11.8. The number of nitrogens with one attached hydrogen (secondary N) is 1. The molecule has 0 saturated heterocycles. The third-order valence-electron chi connectivity index (χ3n) is 4.72. The second-order valence-corrected chi connectivity index (χ2v) is 9.76. The first-order valence-corrected chi connectivity index (χ1v) is 11.0. The van der Waals surface area contributed by atoms with Gasteiger partial charge in [0, 0.05) is 28.2 Å².